The quantitative estimate of drug-likeness (QED) is 0.611. The summed E-state index contributed by atoms with van der Waals surface area (Å²) in [7, 11) is 0. The van der Waals surface area contributed by atoms with Gasteiger partial charge in [-0.15, -0.1) is 11.3 Å². The minimum atomic E-state index is -0.779. The third-order valence-corrected chi connectivity index (χ3v) is 6.51. The van der Waals surface area contributed by atoms with Gasteiger partial charge < -0.3 is 5.32 Å². The van der Waals surface area contributed by atoms with Gasteiger partial charge in [-0.2, -0.15) is 0 Å². The second-order valence-electron chi connectivity index (χ2n) is 7.86. The zero-order chi connectivity index (χ0) is 21.6. The van der Waals surface area contributed by atoms with Crippen LogP contribution in [-0.4, -0.2) is 27.8 Å². The Labute approximate surface area is 186 Å². The maximum atomic E-state index is 13.6. The highest BCUT2D eigenvalue weighted by atomic mass is 32.1. The van der Waals surface area contributed by atoms with Crippen LogP contribution in [0.2, 0.25) is 0 Å². The van der Waals surface area contributed by atoms with Crippen molar-refractivity contribution in [2.45, 2.75) is 51.1 Å². The van der Waals surface area contributed by atoms with Crippen LogP contribution in [0.1, 0.15) is 59.1 Å². The molecule has 31 heavy (non-hydrogen) atoms. The van der Waals surface area contributed by atoms with E-state index in [4.69, 9.17) is 0 Å². The monoisotopic (exact) mass is 434 g/mol. The standard InChI is InChI=1S/C24H26N4O2S/c1-17-9-11-19(12-10-17)28(24(30)20-16-25-13-14-26-20)22(21-8-5-15-31-21)23(29)27-18-6-3-2-4-7-18/h5,8-16,18,22H,2-4,6-7H2,1H3,(H,27,29). The van der Waals surface area contributed by atoms with Gasteiger partial charge in [-0.25, -0.2) is 4.98 Å². The molecule has 160 valence electrons. The molecule has 4 rings (SSSR count). The van der Waals surface area contributed by atoms with Gasteiger partial charge in [0, 0.05) is 29.0 Å². The van der Waals surface area contributed by atoms with Crippen LogP contribution in [-0.2, 0) is 4.79 Å². The molecule has 1 fully saturated rings. The maximum absolute atomic E-state index is 13.6. The first kappa shape index (κ1) is 21.2. The SMILES string of the molecule is Cc1ccc(N(C(=O)c2cnccn2)C(C(=O)NC2CCCCC2)c2cccs2)cc1. The van der Waals surface area contributed by atoms with E-state index in [0.29, 0.717) is 5.69 Å². The zero-order valence-electron chi connectivity index (χ0n) is 17.5. The van der Waals surface area contributed by atoms with E-state index in [2.05, 4.69) is 15.3 Å². The van der Waals surface area contributed by atoms with Crippen molar-refractivity contribution in [1.82, 2.24) is 15.3 Å². The number of anilines is 1. The third kappa shape index (κ3) is 4.99. The number of benzene rings is 1. The number of nitrogens with one attached hydrogen (secondary N) is 1. The molecule has 0 bridgehead atoms. The Morgan fingerprint density at radius 1 is 1.10 bits per heavy atom. The van der Waals surface area contributed by atoms with E-state index in [1.54, 1.807) is 4.90 Å². The van der Waals surface area contributed by atoms with Gasteiger partial charge >= 0.3 is 0 Å². The van der Waals surface area contributed by atoms with E-state index < -0.39 is 6.04 Å². The average Bonchev–Trinajstić information content (AvgIpc) is 3.33. The molecule has 1 atom stereocenters. The van der Waals surface area contributed by atoms with Crippen molar-refractivity contribution < 1.29 is 9.59 Å². The van der Waals surface area contributed by atoms with Crippen LogP contribution in [0.15, 0.2) is 60.4 Å². The summed E-state index contributed by atoms with van der Waals surface area (Å²) in [6, 6.07) is 10.8. The number of thiophene rings is 1. The number of hydrogen-bond acceptors (Lipinski definition) is 5. The van der Waals surface area contributed by atoms with Crippen molar-refractivity contribution >= 4 is 28.8 Å². The number of nitrogens with zero attached hydrogens (tertiary/aromatic N) is 3. The molecular formula is C24H26N4O2S. The molecule has 1 N–H and O–H groups in total. The number of carbonyl (C=O) groups excluding carboxylic acids is 2. The molecule has 2 amide bonds. The van der Waals surface area contributed by atoms with Gasteiger partial charge in [0.15, 0.2) is 6.04 Å². The van der Waals surface area contributed by atoms with Crippen molar-refractivity contribution in [3.05, 3.63) is 76.5 Å². The second kappa shape index (κ2) is 9.83. The Morgan fingerprint density at radius 2 is 1.87 bits per heavy atom. The molecule has 6 nitrogen and oxygen atoms in total. The molecular weight excluding hydrogens is 408 g/mol. The van der Waals surface area contributed by atoms with E-state index in [9.17, 15) is 9.59 Å². The van der Waals surface area contributed by atoms with E-state index in [1.807, 2.05) is 48.7 Å². The molecule has 1 aliphatic carbocycles. The van der Waals surface area contributed by atoms with Crippen molar-refractivity contribution in [1.29, 1.82) is 0 Å². The lowest BCUT2D eigenvalue weighted by Gasteiger charge is -2.32. The second-order valence-corrected chi connectivity index (χ2v) is 8.84. The Bertz CT molecular complexity index is 1000. The summed E-state index contributed by atoms with van der Waals surface area (Å²) in [5, 5.41) is 5.14. The van der Waals surface area contributed by atoms with Gasteiger partial charge in [-0.3, -0.25) is 19.5 Å². The highest BCUT2D eigenvalue weighted by Crippen LogP contribution is 2.32. The molecule has 1 saturated carbocycles. The lowest BCUT2D eigenvalue weighted by molar-refractivity contribution is -0.123. The molecule has 1 unspecified atom stereocenters. The fourth-order valence-electron chi connectivity index (χ4n) is 3.97. The Balaban J connectivity index is 1.74. The third-order valence-electron chi connectivity index (χ3n) is 5.58. The highest BCUT2D eigenvalue weighted by molar-refractivity contribution is 7.10. The van der Waals surface area contributed by atoms with Crippen LogP contribution in [0.4, 0.5) is 5.69 Å². The van der Waals surface area contributed by atoms with E-state index in [0.717, 1.165) is 36.1 Å². The smallest absolute Gasteiger partial charge is 0.279 e. The van der Waals surface area contributed by atoms with Crippen molar-refractivity contribution in [2.75, 3.05) is 4.90 Å². The van der Waals surface area contributed by atoms with Gasteiger partial charge in [-0.05, 0) is 43.3 Å². The van der Waals surface area contributed by atoms with E-state index in [1.165, 1.54) is 36.3 Å². The largest absolute Gasteiger partial charge is 0.351 e. The minimum absolute atomic E-state index is 0.148. The number of hydrogen-bond donors (Lipinski definition) is 1. The summed E-state index contributed by atoms with van der Waals surface area (Å²) in [6.07, 6.45) is 9.86. The van der Waals surface area contributed by atoms with Gasteiger partial charge in [-0.1, -0.05) is 43.0 Å². The summed E-state index contributed by atoms with van der Waals surface area (Å²) in [6.45, 7) is 1.99. The van der Waals surface area contributed by atoms with Gasteiger partial charge in [0.1, 0.15) is 5.69 Å². The van der Waals surface area contributed by atoms with Crippen molar-refractivity contribution in [2.24, 2.45) is 0 Å². The highest BCUT2D eigenvalue weighted by Gasteiger charge is 2.35. The summed E-state index contributed by atoms with van der Waals surface area (Å²) < 4.78 is 0. The molecule has 7 heteroatoms. The van der Waals surface area contributed by atoms with Crippen LogP contribution in [0.25, 0.3) is 0 Å². The zero-order valence-corrected chi connectivity index (χ0v) is 18.3. The molecule has 0 spiro atoms. The van der Waals surface area contributed by atoms with Gasteiger partial charge in [0.05, 0.1) is 6.20 Å². The molecule has 3 aromatic rings. The van der Waals surface area contributed by atoms with Crippen LogP contribution >= 0.6 is 11.3 Å². The lowest BCUT2D eigenvalue weighted by atomic mass is 9.95. The first-order chi connectivity index (χ1) is 15.1. The molecule has 0 aliphatic heterocycles. The van der Waals surface area contributed by atoms with Gasteiger partial charge in [0.25, 0.3) is 5.91 Å². The van der Waals surface area contributed by atoms with Crippen molar-refractivity contribution in [3.63, 3.8) is 0 Å². The maximum Gasteiger partial charge on any atom is 0.279 e. The van der Waals surface area contributed by atoms with Crippen LogP contribution in [0.3, 0.4) is 0 Å². The molecule has 1 aromatic carbocycles. The van der Waals surface area contributed by atoms with E-state index >= 15 is 0 Å². The van der Waals surface area contributed by atoms with Crippen LogP contribution in [0, 0.1) is 6.92 Å². The molecule has 2 heterocycles. The molecule has 1 aliphatic rings. The lowest BCUT2D eigenvalue weighted by Crippen LogP contribution is -2.47. The minimum Gasteiger partial charge on any atom is -0.351 e. The topological polar surface area (TPSA) is 75.2 Å². The predicted molar refractivity (Wildman–Crippen MR) is 122 cm³/mol. The normalized spacial score (nSPS) is 15.3. The number of aromatic nitrogens is 2. The fraction of sp³-hybridized carbons (Fsp3) is 0.333. The summed E-state index contributed by atoms with van der Waals surface area (Å²) >= 11 is 1.47. The number of carbonyl (C=O) groups is 2. The molecule has 0 radical (unpaired) electrons. The molecule has 2 aromatic heterocycles. The summed E-state index contributed by atoms with van der Waals surface area (Å²) in [5.41, 5.74) is 1.93. The molecule has 0 saturated heterocycles. The predicted octanol–water partition coefficient (Wildman–Crippen LogP) is 4.68. The number of amides is 2. The fourth-order valence-corrected chi connectivity index (χ4v) is 4.78. The Hall–Kier alpha value is -3.06. The summed E-state index contributed by atoms with van der Waals surface area (Å²) in [5.74, 6) is -0.513. The van der Waals surface area contributed by atoms with Crippen LogP contribution < -0.4 is 10.2 Å². The van der Waals surface area contributed by atoms with E-state index in [-0.39, 0.29) is 23.6 Å². The number of aryl methyl sites for hydroxylation is 1. The summed E-state index contributed by atoms with van der Waals surface area (Å²) in [4.78, 5) is 37.8. The van der Waals surface area contributed by atoms with Crippen LogP contribution in [0.5, 0.6) is 0 Å². The first-order valence-corrected chi connectivity index (χ1v) is 11.5. The van der Waals surface area contributed by atoms with Crippen molar-refractivity contribution in [3.8, 4) is 0 Å². The Kier molecular flexibility index (Phi) is 6.72. The first-order valence-electron chi connectivity index (χ1n) is 10.6. The Morgan fingerprint density at radius 3 is 2.52 bits per heavy atom. The van der Waals surface area contributed by atoms with Gasteiger partial charge in [0.2, 0.25) is 5.91 Å². The average molecular weight is 435 g/mol. The number of rotatable bonds is 6.